The molecule has 5 heteroatoms. The van der Waals surface area contributed by atoms with E-state index in [1.807, 2.05) is 26.8 Å². The van der Waals surface area contributed by atoms with Gasteiger partial charge in [-0.1, -0.05) is 32.9 Å². The van der Waals surface area contributed by atoms with Gasteiger partial charge in [0.1, 0.15) is 13.1 Å². The maximum atomic E-state index is 12.7. The lowest BCUT2D eigenvalue weighted by Gasteiger charge is -2.31. The molecular formula is C13H17F2N2O+. The quantitative estimate of drug-likeness (QED) is 0.757. The van der Waals surface area contributed by atoms with Crippen molar-refractivity contribution in [2.45, 2.75) is 32.1 Å². The monoisotopic (exact) mass is 255 g/mol. The van der Waals surface area contributed by atoms with E-state index >= 15 is 0 Å². The second kappa shape index (κ2) is 4.00. The highest BCUT2D eigenvalue weighted by molar-refractivity contribution is 5.37. The molecule has 1 aliphatic heterocycles. The van der Waals surface area contributed by atoms with Crippen LogP contribution in [0.5, 0.6) is 0 Å². The molecule has 0 spiro atoms. The second-order valence-corrected chi connectivity index (χ2v) is 5.75. The van der Waals surface area contributed by atoms with Gasteiger partial charge >= 0.3 is 0 Å². The summed E-state index contributed by atoms with van der Waals surface area (Å²) in [7, 11) is 0. The average molecular weight is 255 g/mol. The molecule has 1 aromatic carbocycles. The van der Waals surface area contributed by atoms with E-state index in [-0.39, 0.29) is 5.41 Å². The van der Waals surface area contributed by atoms with Crippen LogP contribution in [-0.4, -0.2) is 28.9 Å². The third-order valence-corrected chi connectivity index (χ3v) is 3.02. The smallest absolute Gasteiger partial charge is 0.202 e. The van der Waals surface area contributed by atoms with Crippen molar-refractivity contribution in [1.82, 2.24) is 5.01 Å². The zero-order valence-corrected chi connectivity index (χ0v) is 10.8. The summed E-state index contributed by atoms with van der Waals surface area (Å²) in [5, 5.41) is 1.10. The van der Waals surface area contributed by atoms with Crippen LogP contribution in [0.15, 0.2) is 24.3 Å². The van der Waals surface area contributed by atoms with Gasteiger partial charge in [0.25, 0.3) is 11.6 Å². The van der Waals surface area contributed by atoms with Crippen LogP contribution >= 0.6 is 0 Å². The Morgan fingerprint density at radius 1 is 1.28 bits per heavy atom. The van der Waals surface area contributed by atoms with E-state index in [4.69, 9.17) is 0 Å². The minimum absolute atomic E-state index is 0.0737. The molecule has 0 amide bonds. The first-order valence-electron chi connectivity index (χ1n) is 5.90. The van der Waals surface area contributed by atoms with Gasteiger partial charge in [0.2, 0.25) is 0 Å². The number of hydrogen-bond acceptors (Lipinski definition) is 1. The zero-order valence-electron chi connectivity index (χ0n) is 10.8. The van der Waals surface area contributed by atoms with Gasteiger partial charge in [-0.15, -0.1) is 5.01 Å². The molecule has 3 nitrogen and oxygen atoms in total. The fourth-order valence-corrected chi connectivity index (χ4v) is 1.87. The van der Waals surface area contributed by atoms with Gasteiger partial charge in [0, 0.05) is 12.1 Å². The molecule has 0 N–H and O–H groups in total. The zero-order chi connectivity index (χ0) is 13.6. The molecule has 2 rings (SSSR count). The third-order valence-electron chi connectivity index (χ3n) is 3.02. The van der Waals surface area contributed by atoms with Crippen molar-refractivity contribution in [2.24, 2.45) is 0 Å². The van der Waals surface area contributed by atoms with Gasteiger partial charge in [-0.25, -0.2) is 8.78 Å². The highest BCUT2D eigenvalue weighted by atomic mass is 19.3. The van der Waals surface area contributed by atoms with Gasteiger partial charge < -0.3 is 0 Å². The van der Waals surface area contributed by atoms with Crippen LogP contribution in [-0.2, 0) is 5.41 Å². The molecule has 0 aromatic heterocycles. The van der Waals surface area contributed by atoms with Crippen molar-refractivity contribution < 1.29 is 13.6 Å². The Labute approximate surface area is 105 Å². The summed E-state index contributed by atoms with van der Waals surface area (Å²) in [6.45, 7) is 5.11. The van der Waals surface area contributed by atoms with E-state index in [0.29, 0.717) is 10.6 Å². The minimum atomic E-state index is -2.73. The number of rotatable bonds is 2. The maximum Gasteiger partial charge on any atom is 0.293 e. The molecular weight excluding hydrogens is 238 g/mol. The van der Waals surface area contributed by atoms with E-state index in [9.17, 15) is 13.7 Å². The molecule has 1 heterocycles. The van der Waals surface area contributed by atoms with E-state index in [0.717, 1.165) is 10.6 Å². The molecule has 0 saturated carbocycles. The van der Waals surface area contributed by atoms with Crippen LogP contribution < -0.4 is 0 Å². The Bertz CT molecular complexity index is 472. The number of halogens is 2. The van der Waals surface area contributed by atoms with Gasteiger partial charge in [0.05, 0.1) is 4.91 Å². The number of hydrogen-bond donors (Lipinski definition) is 0. The SMILES string of the molecule is CC(C)(C)c1cccc([N+](=O)N2CC(F)(F)C2)c1. The average Bonchev–Trinajstić information content (AvgIpc) is 2.24. The number of nitroso groups, excluding NO2 is 1. The van der Waals surface area contributed by atoms with Crippen molar-refractivity contribution in [3.05, 3.63) is 34.7 Å². The van der Waals surface area contributed by atoms with Crippen LogP contribution in [0.1, 0.15) is 26.3 Å². The summed E-state index contributed by atoms with van der Waals surface area (Å²) < 4.78 is 25.5. The lowest BCUT2D eigenvalue weighted by atomic mass is 9.87. The summed E-state index contributed by atoms with van der Waals surface area (Å²) in [5.74, 6) is -2.73. The van der Waals surface area contributed by atoms with E-state index < -0.39 is 19.0 Å². The van der Waals surface area contributed by atoms with Gasteiger partial charge in [-0.3, -0.25) is 0 Å². The molecule has 0 aliphatic carbocycles. The lowest BCUT2D eigenvalue weighted by molar-refractivity contribution is -0.670. The number of nitrogens with zero attached hydrogens (tertiary/aromatic N) is 2. The largest absolute Gasteiger partial charge is 0.293 e. The van der Waals surface area contributed by atoms with Gasteiger partial charge in [-0.05, 0) is 11.0 Å². The molecule has 98 valence electrons. The molecule has 1 aliphatic rings. The minimum Gasteiger partial charge on any atom is -0.202 e. The number of alkyl halides is 2. The molecule has 0 radical (unpaired) electrons. The van der Waals surface area contributed by atoms with E-state index in [2.05, 4.69) is 0 Å². The summed E-state index contributed by atoms with van der Waals surface area (Å²) in [5.41, 5.74) is 1.33. The molecule has 0 atom stereocenters. The fraction of sp³-hybridized carbons (Fsp3) is 0.538. The molecule has 1 aromatic rings. The topological polar surface area (TPSA) is 23.3 Å². The molecule has 1 fully saturated rings. The van der Waals surface area contributed by atoms with Crippen molar-refractivity contribution in [3.63, 3.8) is 0 Å². The Kier molecular flexibility index (Phi) is 2.87. The fourth-order valence-electron chi connectivity index (χ4n) is 1.87. The van der Waals surface area contributed by atoms with Crippen molar-refractivity contribution in [2.75, 3.05) is 13.1 Å². The Hall–Kier alpha value is -1.52. The van der Waals surface area contributed by atoms with E-state index in [1.165, 1.54) is 0 Å². The molecule has 0 unspecified atom stereocenters. The molecule has 0 bridgehead atoms. The maximum absolute atomic E-state index is 12.7. The van der Waals surface area contributed by atoms with Crippen LogP contribution in [0, 0.1) is 4.91 Å². The summed E-state index contributed by atoms with van der Waals surface area (Å²) in [4.78, 5) is 12.5. The number of hydrazine groups is 1. The summed E-state index contributed by atoms with van der Waals surface area (Å²) in [6.07, 6.45) is 0. The Balaban J connectivity index is 2.17. The normalized spacial score (nSPS) is 18.4. The summed E-state index contributed by atoms with van der Waals surface area (Å²) >= 11 is 0. The highest BCUT2D eigenvalue weighted by Gasteiger charge is 2.52. The lowest BCUT2D eigenvalue weighted by Crippen LogP contribution is -2.58. The highest BCUT2D eigenvalue weighted by Crippen LogP contribution is 2.31. The second-order valence-electron chi connectivity index (χ2n) is 5.75. The first-order chi connectivity index (χ1) is 8.19. The van der Waals surface area contributed by atoms with Crippen molar-refractivity contribution >= 4 is 5.69 Å². The Morgan fingerprint density at radius 2 is 1.89 bits per heavy atom. The van der Waals surface area contributed by atoms with Crippen molar-refractivity contribution in [3.8, 4) is 0 Å². The molecule has 18 heavy (non-hydrogen) atoms. The van der Waals surface area contributed by atoms with Crippen LogP contribution in [0.3, 0.4) is 0 Å². The van der Waals surface area contributed by atoms with Crippen molar-refractivity contribution in [1.29, 1.82) is 0 Å². The van der Waals surface area contributed by atoms with Crippen LogP contribution in [0.4, 0.5) is 14.5 Å². The van der Waals surface area contributed by atoms with Crippen LogP contribution in [0.2, 0.25) is 0 Å². The predicted molar refractivity (Wildman–Crippen MR) is 64.9 cm³/mol. The van der Waals surface area contributed by atoms with E-state index in [1.54, 1.807) is 18.2 Å². The predicted octanol–water partition coefficient (Wildman–Crippen LogP) is 3.26. The number of benzene rings is 1. The molecule has 1 saturated heterocycles. The Morgan fingerprint density at radius 3 is 2.39 bits per heavy atom. The van der Waals surface area contributed by atoms with Gasteiger partial charge in [-0.2, -0.15) is 0 Å². The summed E-state index contributed by atoms with van der Waals surface area (Å²) in [6, 6.07) is 7.10. The standard InChI is InChI=1S/C13H17F2N2O/c1-12(2,3)10-5-4-6-11(7-10)17(18)16-8-13(14,15)9-16/h4-7H,8-9H2,1-3H3/q+1. The third kappa shape index (κ3) is 2.49. The van der Waals surface area contributed by atoms with Gasteiger partial charge in [0.15, 0.2) is 4.87 Å². The van der Waals surface area contributed by atoms with Crippen LogP contribution in [0.25, 0.3) is 0 Å². The first kappa shape index (κ1) is 12.9. The first-order valence-corrected chi connectivity index (χ1v) is 5.90.